The van der Waals surface area contributed by atoms with Crippen molar-refractivity contribution in [1.29, 1.82) is 0 Å². The summed E-state index contributed by atoms with van der Waals surface area (Å²) in [6.07, 6.45) is 0. The van der Waals surface area contributed by atoms with Gasteiger partial charge in [0.05, 0.1) is 23.6 Å². The molecule has 0 amide bonds. The number of hydrogen-bond donors (Lipinski definition) is 1. The summed E-state index contributed by atoms with van der Waals surface area (Å²) in [5, 5.41) is 14.1. The molecule has 6 heteroatoms. The van der Waals surface area contributed by atoms with Gasteiger partial charge in [-0.3, -0.25) is 10.1 Å². The Morgan fingerprint density at radius 1 is 1.29 bits per heavy atom. The molecule has 1 unspecified atom stereocenters. The van der Waals surface area contributed by atoms with Crippen LogP contribution in [0.2, 0.25) is 0 Å². The first-order valence-electron chi connectivity index (χ1n) is 6.36. The van der Waals surface area contributed by atoms with Gasteiger partial charge in [-0.05, 0) is 19.1 Å². The number of rotatable bonds is 5. The average Bonchev–Trinajstić information content (AvgIpc) is 2.47. The second-order valence-electron chi connectivity index (χ2n) is 4.53. The molecule has 0 aliphatic rings. The third kappa shape index (κ3) is 3.28. The van der Waals surface area contributed by atoms with Gasteiger partial charge in [-0.1, -0.05) is 18.2 Å². The van der Waals surface area contributed by atoms with Crippen LogP contribution in [0.3, 0.4) is 0 Å². The molecule has 0 saturated carbocycles. The molecule has 0 bridgehead atoms. The van der Waals surface area contributed by atoms with Gasteiger partial charge in [-0.25, -0.2) is 4.39 Å². The Morgan fingerprint density at radius 2 is 2.00 bits per heavy atom. The first kappa shape index (κ1) is 14.8. The SMILES string of the molecule is COc1ccc(NC(C)c2ccccc2[N+](=O)[O-])cc1F. The van der Waals surface area contributed by atoms with Crippen molar-refractivity contribution < 1.29 is 14.1 Å². The smallest absolute Gasteiger partial charge is 0.274 e. The summed E-state index contributed by atoms with van der Waals surface area (Å²) in [6, 6.07) is 10.6. The Morgan fingerprint density at radius 3 is 2.62 bits per heavy atom. The van der Waals surface area contributed by atoms with Gasteiger partial charge in [0.1, 0.15) is 0 Å². The summed E-state index contributed by atoms with van der Waals surface area (Å²) in [7, 11) is 1.39. The number of hydrogen-bond acceptors (Lipinski definition) is 4. The predicted octanol–water partition coefficient (Wildman–Crippen LogP) is 3.92. The molecule has 2 rings (SSSR count). The molecule has 21 heavy (non-hydrogen) atoms. The van der Waals surface area contributed by atoms with Crippen LogP contribution in [-0.4, -0.2) is 12.0 Å². The molecule has 1 atom stereocenters. The minimum absolute atomic E-state index is 0.0338. The highest BCUT2D eigenvalue weighted by Gasteiger charge is 2.18. The number of methoxy groups -OCH3 is 1. The van der Waals surface area contributed by atoms with Crippen molar-refractivity contribution in [3.05, 3.63) is 64.0 Å². The normalized spacial score (nSPS) is 11.8. The topological polar surface area (TPSA) is 64.4 Å². The van der Waals surface area contributed by atoms with Crippen molar-refractivity contribution >= 4 is 11.4 Å². The number of benzene rings is 2. The molecule has 0 heterocycles. The number of nitro benzene ring substituents is 1. The van der Waals surface area contributed by atoms with E-state index in [1.165, 1.54) is 25.3 Å². The van der Waals surface area contributed by atoms with Crippen LogP contribution in [-0.2, 0) is 0 Å². The summed E-state index contributed by atoms with van der Waals surface area (Å²) < 4.78 is 18.5. The summed E-state index contributed by atoms with van der Waals surface area (Å²) >= 11 is 0. The minimum atomic E-state index is -0.489. The van der Waals surface area contributed by atoms with Gasteiger partial charge in [0, 0.05) is 17.8 Å². The van der Waals surface area contributed by atoms with Crippen molar-refractivity contribution in [1.82, 2.24) is 0 Å². The second-order valence-corrected chi connectivity index (χ2v) is 4.53. The maximum atomic E-state index is 13.6. The van der Waals surface area contributed by atoms with E-state index >= 15 is 0 Å². The Balaban J connectivity index is 2.24. The molecule has 1 N–H and O–H groups in total. The zero-order valence-corrected chi connectivity index (χ0v) is 11.7. The molecular formula is C15H15FN2O3. The van der Waals surface area contributed by atoms with Crippen LogP contribution in [0.25, 0.3) is 0 Å². The van der Waals surface area contributed by atoms with E-state index in [9.17, 15) is 14.5 Å². The molecule has 0 aliphatic carbocycles. The lowest BCUT2D eigenvalue weighted by molar-refractivity contribution is -0.385. The van der Waals surface area contributed by atoms with E-state index in [-0.39, 0.29) is 17.5 Å². The predicted molar refractivity (Wildman–Crippen MR) is 78.1 cm³/mol. The molecular weight excluding hydrogens is 275 g/mol. The maximum Gasteiger partial charge on any atom is 0.274 e. The van der Waals surface area contributed by atoms with E-state index in [1.807, 2.05) is 0 Å². The highest BCUT2D eigenvalue weighted by Crippen LogP contribution is 2.28. The molecule has 0 saturated heterocycles. The van der Waals surface area contributed by atoms with E-state index < -0.39 is 10.7 Å². The van der Waals surface area contributed by atoms with Crippen molar-refractivity contribution in [2.24, 2.45) is 0 Å². The van der Waals surface area contributed by atoms with E-state index in [1.54, 1.807) is 31.2 Å². The monoisotopic (exact) mass is 290 g/mol. The van der Waals surface area contributed by atoms with Gasteiger partial charge in [0.15, 0.2) is 11.6 Å². The van der Waals surface area contributed by atoms with Crippen LogP contribution in [0, 0.1) is 15.9 Å². The highest BCUT2D eigenvalue weighted by molar-refractivity contribution is 5.51. The molecule has 0 radical (unpaired) electrons. The number of halogens is 1. The van der Waals surface area contributed by atoms with Gasteiger partial charge in [-0.15, -0.1) is 0 Å². The molecule has 2 aromatic rings. The number of para-hydroxylation sites is 1. The fraction of sp³-hybridized carbons (Fsp3) is 0.200. The van der Waals surface area contributed by atoms with Crippen LogP contribution in [0.5, 0.6) is 5.75 Å². The first-order chi connectivity index (χ1) is 10.0. The summed E-state index contributed by atoms with van der Waals surface area (Å²) in [4.78, 5) is 10.6. The number of nitrogens with zero attached hydrogens (tertiary/aromatic N) is 1. The van der Waals surface area contributed by atoms with Gasteiger partial charge in [-0.2, -0.15) is 0 Å². The molecule has 0 spiro atoms. The number of nitro groups is 1. The zero-order valence-electron chi connectivity index (χ0n) is 11.7. The molecule has 0 aromatic heterocycles. The quantitative estimate of drug-likeness (QED) is 0.669. The zero-order chi connectivity index (χ0) is 15.4. The van der Waals surface area contributed by atoms with Crippen LogP contribution >= 0.6 is 0 Å². The number of nitrogens with one attached hydrogen (secondary N) is 1. The Labute approximate surface area is 121 Å². The first-order valence-corrected chi connectivity index (χ1v) is 6.36. The Kier molecular flexibility index (Phi) is 4.37. The molecule has 2 aromatic carbocycles. The fourth-order valence-electron chi connectivity index (χ4n) is 2.10. The van der Waals surface area contributed by atoms with E-state index in [2.05, 4.69) is 5.32 Å². The van der Waals surface area contributed by atoms with E-state index in [0.29, 0.717) is 11.3 Å². The fourth-order valence-corrected chi connectivity index (χ4v) is 2.10. The van der Waals surface area contributed by atoms with Gasteiger partial charge < -0.3 is 10.1 Å². The van der Waals surface area contributed by atoms with Crippen molar-refractivity contribution in [2.75, 3.05) is 12.4 Å². The summed E-state index contributed by atoms with van der Waals surface area (Å²) in [6.45, 7) is 1.78. The molecule has 5 nitrogen and oxygen atoms in total. The minimum Gasteiger partial charge on any atom is -0.494 e. The van der Waals surface area contributed by atoms with E-state index in [0.717, 1.165) is 0 Å². The van der Waals surface area contributed by atoms with Crippen LogP contribution in [0.1, 0.15) is 18.5 Å². The van der Waals surface area contributed by atoms with Crippen LogP contribution < -0.4 is 10.1 Å². The summed E-state index contributed by atoms with van der Waals surface area (Å²) in [5.74, 6) is -0.337. The summed E-state index contributed by atoms with van der Waals surface area (Å²) in [5.41, 5.74) is 1.10. The van der Waals surface area contributed by atoms with E-state index in [4.69, 9.17) is 4.74 Å². The largest absolute Gasteiger partial charge is 0.494 e. The van der Waals surface area contributed by atoms with Gasteiger partial charge >= 0.3 is 0 Å². The maximum absolute atomic E-state index is 13.6. The molecule has 110 valence electrons. The highest BCUT2D eigenvalue weighted by atomic mass is 19.1. The lowest BCUT2D eigenvalue weighted by Crippen LogP contribution is -2.09. The van der Waals surface area contributed by atoms with Crippen molar-refractivity contribution in [2.45, 2.75) is 13.0 Å². The third-order valence-corrected chi connectivity index (χ3v) is 3.13. The third-order valence-electron chi connectivity index (χ3n) is 3.13. The van der Waals surface area contributed by atoms with Crippen LogP contribution in [0.15, 0.2) is 42.5 Å². The molecule has 0 aliphatic heterocycles. The van der Waals surface area contributed by atoms with Gasteiger partial charge in [0.2, 0.25) is 0 Å². The second kappa shape index (κ2) is 6.21. The standard InChI is InChI=1S/C15H15FN2O3/c1-10(12-5-3-4-6-14(12)18(19)20)17-11-7-8-15(21-2)13(16)9-11/h3-10,17H,1-2H3. The van der Waals surface area contributed by atoms with Crippen LogP contribution in [0.4, 0.5) is 15.8 Å². The lowest BCUT2D eigenvalue weighted by Gasteiger charge is -2.16. The van der Waals surface area contributed by atoms with Gasteiger partial charge in [0.25, 0.3) is 5.69 Å². The number of anilines is 1. The average molecular weight is 290 g/mol. The van der Waals surface area contributed by atoms with Crippen molar-refractivity contribution in [3.8, 4) is 5.75 Å². The number of ether oxygens (including phenoxy) is 1. The molecule has 0 fully saturated rings. The lowest BCUT2D eigenvalue weighted by atomic mass is 10.1. The Bertz CT molecular complexity index is 661. The Hall–Kier alpha value is -2.63. The van der Waals surface area contributed by atoms with Crippen molar-refractivity contribution in [3.63, 3.8) is 0 Å².